The first kappa shape index (κ1) is 15.5. The molecule has 2 amide bonds. The summed E-state index contributed by atoms with van der Waals surface area (Å²) in [4.78, 5) is 36.7. The van der Waals surface area contributed by atoms with Crippen molar-refractivity contribution >= 4 is 17.6 Å². The second-order valence-electron chi connectivity index (χ2n) is 7.14. The molecule has 3 aliphatic carbocycles. The molecule has 3 rings (SSSR count). The monoisotopic (exact) mass is 306 g/mol. The predicted octanol–water partition coefficient (Wildman–Crippen LogP) is 1.70. The molecule has 0 saturated heterocycles. The summed E-state index contributed by atoms with van der Waals surface area (Å²) in [7, 11) is 0. The minimum Gasteiger partial charge on any atom is -0.353 e. The van der Waals surface area contributed by atoms with Gasteiger partial charge in [-0.2, -0.15) is 0 Å². The van der Waals surface area contributed by atoms with Gasteiger partial charge >= 0.3 is 0 Å². The van der Waals surface area contributed by atoms with Gasteiger partial charge in [0.05, 0.1) is 11.8 Å². The first-order valence-electron chi connectivity index (χ1n) is 8.76. The molecule has 22 heavy (non-hydrogen) atoms. The van der Waals surface area contributed by atoms with E-state index in [1.54, 1.807) is 0 Å². The number of hydrogen-bond donors (Lipinski definition) is 2. The van der Waals surface area contributed by atoms with Gasteiger partial charge in [0.25, 0.3) is 0 Å². The average molecular weight is 306 g/mol. The Hall–Kier alpha value is -1.39. The van der Waals surface area contributed by atoms with Gasteiger partial charge in [-0.05, 0) is 25.7 Å². The molecule has 3 aliphatic rings. The van der Waals surface area contributed by atoms with Gasteiger partial charge in [0.2, 0.25) is 11.8 Å². The van der Waals surface area contributed by atoms with E-state index >= 15 is 0 Å². The highest BCUT2D eigenvalue weighted by Gasteiger charge is 2.43. The minimum absolute atomic E-state index is 0.0399. The van der Waals surface area contributed by atoms with Crippen LogP contribution < -0.4 is 10.6 Å². The van der Waals surface area contributed by atoms with Crippen molar-refractivity contribution in [1.82, 2.24) is 10.6 Å². The van der Waals surface area contributed by atoms with Crippen LogP contribution in [0.2, 0.25) is 0 Å². The van der Waals surface area contributed by atoms with Crippen LogP contribution in [0.25, 0.3) is 0 Å². The van der Waals surface area contributed by atoms with E-state index in [1.807, 2.05) is 0 Å². The van der Waals surface area contributed by atoms with Crippen molar-refractivity contribution in [2.45, 2.75) is 76.3 Å². The van der Waals surface area contributed by atoms with E-state index in [0.29, 0.717) is 0 Å². The Balaban J connectivity index is 1.59. The summed E-state index contributed by atoms with van der Waals surface area (Å²) in [5, 5.41) is 6.10. The first-order valence-corrected chi connectivity index (χ1v) is 8.76. The van der Waals surface area contributed by atoms with Crippen molar-refractivity contribution in [2.75, 3.05) is 0 Å². The number of carbonyl (C=O) groups excluding carboxylic acids is 3. The molecule has 2 N–H and O–H groups in total. The Morgan fingerprint density at radius 1 is 0.727 bits per heavy atom. The molecule has 2 unspecified atom stereocenters. The fourth-order valence-corrected chi connectivity index (χ4v) is 4.17. The van der Waals surface area contributed by atoms with E-state index in [1.165, 1.54) is 0 Å². The number of amides is 2. The third-order valence-electron chi connectivity index (χ3n) is 5.46. The van der Waals surface area contributed by atoms with Gasteiger partial charge in [0.15, 0.2) is 0 Å². The number of Topliss-reactive ketones (excluding diaryl/α,β-unsaturated/α-hetero) is 1. The number of rotatable bonds is 4. The van der Waals surface area contributed by atoms with Crippen molar-refractivity contribution in [1.29, 1.82) is 0 Å². The number of hydrogen-bond acceptors (Lipinski definition) is 3. The van der Waals surface area contributed by atoms with E-state index in [9.17, 15) is 14.4 Å². The van der Waals surface area contributed by atoms with Gasteiger partial charge < -0.3 is 10.6 Å². The van der Waals surface area contributed by atoms with Crippen molar-refractivity contribution in [3.8, 4) is 0 Å². The van der Waals surface area contributed by atoms with Crippen LogP contribution in [0.3, 0.4) is 0 Å². The summed E-state index contributed by atoms with van der Waals surface area (Å²) in [6, 6.07) is 0.475. The quantitative estimate of drug-likeness (QED) is 0.830. The first-order chi connectivity index (χ1) is 10.6. The summed E-state index contributed by atoms with van der Waals surface area (Å²) >= 11 is 0. The zero-order valence-corrected chi connectivity index (χ0v) is 13.1. The normalized spacial score (nSPS) is 29.9. The van der Waals surface area contributed by atoms with Gasteiger partial charge in [0.1, 0.15) is 5.78 Å². The predicted molar refractivity (Wildman–Crippen MR) is 82.0 cm³/mol. The second kappa shape index (κ2) is 6.80. The van der Waals surface area contributed by atoms with Crippen LogP contribution in [-0.2, 0) is 14.4 Å². The molecule has 0 aromatic heterocycles. The average Bonchev–Trinajstić information content (AvgIpc) is 3.19. The van der Waals surface area contributed by atoms with Crippen LogP contribution in [-0.4, -0.2) is 29.7 Å². The molecule has 3 fully saturated rings. The van der Waals surface area contributed by atoms with E-state index in [-0.39, 0.29) is 42.5 Å². The molecule has 0 aliphatic heterocycles. The van der Waals surface area contributed by atoms with Crippen LogP contribution in [0.1, 0.15) is 64.2 Å². The van der Waals surface area contributed by atoms with Gasteiger partial charge in [0, 0.05) is 24.9 Å². The summed E-state index contributed by atoms with van der Waals surface area (Å²) < 4.78 is 0. The van der Waals surface area contributed by atoms with E-state index in [4.69, 9.17) is 0 Å². The van der Waals surface area contributed by atoms with Crippen LogP contribution in [0.4, 0.5) is 0 Å². The van der Waals surface area contributed by atoms with E-state index in [0.717, 1.165) is 51.4 Å². The largest absolute Gasteiger partial charge is 0.353 e. The lowest BCUT2D eigenvalue weighted by atomic mass is 9.93. The second-order valence-corrected chi connectivity index (χ2v) is 7.14. The highest BCUT2D eigenvalue weighted by atomic mass is 16.2. The maximum atomic E-state index is 12.5. The molecule has 0 bridgehead atoms. The van der Waals surface area contributed by atoms with Gasteiger partial charge in [-0.25, -0.2) is 0 Å². The number of carbonyl (C=O) groups is 3. The van der Waals surface area contributed by atoms with E-state index < -0.39 is 11.8 Å². The molecule has 0 heterocycles. The summed E-state index contributed by atoms with van der Waals surface area (Å²) in [6.07, 6.45) is 9.14. The molecule has 2 atom stereocenters. The van der Waals surface area contributed by atoms with Crippen LogP contribution in [0.5, 0.6) is 0 Å². The molecule has 0 aromatic rings. The summed E-state index contributed by atoms with van der Waals surface area (Å²) in [5.41, 5.74) is 0. The topological polar surface area (TPSA) is 75.3 Å². The Bertz CT molecular complexity index is 411. The van der Waals surface area contributed by atoms with Crippen LogP contribution >= 0.6 is 0 Å². The van der Waals surface area contributed by atoms with Crippen LogP contribution in [0.15, 0.2) is 0 Å². The van der Waals surface area contributed by atoms with Crippen molar-refractivity contribution in [3.63, 3.8) is 0 Å². The highest BCUT2D eigenvalue weighted by Crippen LogP contribution is 2.31. The maximum absolute atomic E-state index is 12.5. The lowest BCUT2D eigenvalue weighted by Gasteiger charge is -2.22. The molecular weight excluding hydrogens is 280 g/mol. The zero-order chi connectivity index (χ0) is 15.5. The van der Waals surface area contributed by atoms with E-state index in [2.05, 4.69) is 10.6 Å². The lowest BCUT2D eigenvalue weighted by molar-refractivity contribution is -0.134. The molecule has 0 radical (unpaired) electrons. The number of nitrogens with one attached hydrogen (secondary N) is 2. The fraction of sp³-hybridized carbons (Fsp3) is 0.824. The molecule has 122 valence electrons. The molecule has 5 nitrogen and oxygen atoms in total. The van der Waals surface area contributed by atoms with Gasteiger partial charge in [-0.1, -0.05) is 25.7 Å². The lowest BCUT2D eigenvalue weighted by Crippen LogP contribution is -2.44. The molecule has 0 spiro atoms. The Labute approximate surface area is 131 Å². The van der Waals surface area contributed by atoms with Gasteiger partial charge in [-0.3, -0.25) is 14.4 Å². The van der Waals surface area contributed by atoms with Crippen LogP contribution in [0, 0.1) is 11.8 Å². The minimum atomic E-state index is -0.463. The SMILES string of the molecule is O=C1CC(C(=O)NC2CCCC2)C(C(=O)NC2CCCC2)C1. The standard InChI is InChI=1S/C17H26N2O3/c20-13-9-14(16(21)18-11-5-1-2-6-11)15(10-13)17(22)19-12-7-3-4-8-12/h11-12,14-15H,1-10H2,(H,18,21)(H,19,22). The molecule has 0 aromatic carbocycles. The summed E-state index contributed by atoms with van der Waals surface area (Å²) in [5.74, 6) is -1.07. The van der Waals surface area contributed by atoms with Gasteiger partial charge in [-0.15, -0.1) is 0 Å². The highest BCUT2D eigenvalue weighted by molar-refractivity contribution is 5.98. The Morgan fingerprint density at radius 3 is 1.45 bits per heavy atom. The summed E-state index contributed by atoms with van der Waals surface area (Å²) in [6.45, 7) is 0. The smallest absolute Gasteiger partial charge is 0.224 e. The Morgan fingerprint density at radius 2 is 1.09 bits per heavy atom. The molecular formula is C17H26N2O3. The zero-order valence-electron chi connectivity index (χ0n) is 13.1. The molecule has 5 heteroatoms. The third-order valence-corrected chi connectivity index (χ3v) is 5.46. The fourth-order valence-electron chi connectivity index (χ4n) is 4.17. The molecule has 3 saturated carbocycles. The maximum Gasteiger partial charge on any atom is 0.224 e. The third kappa shape index (κ3) is 3.50. The van der Waals surface area contributed by atoms with Crippen molar-refractivity contribution in [3.05, 3.63) is 0 Å². The Kier molecular flexibility index (Phi) is 4.79. The van der Waals surface area contributed by atoms with Crippen molar-refractivity contribution < 1.29 is 14.4 Å². The van der Waals surface area contributed by atoms with Crippen molar-refractivity contribution in [2.24, 2.45) is 11.8 Å². The number of ketones is 1.